The summed E-state index contributed by atoms with van der Waals surface area (Å²) >= 11 is 0. The van der Waals surface area contributed by atoms with Crippen molar-refractivity contribution in [3.05, 3.63) is 35.9 Å². The molecule has 1 atom stereocenters. The molecule has 0 N–H and O–H groups in total. The molecule has 4 nitrogen and oxygen atoms in total. The fourth-order valence-corrected chi connectivity index (χ4v) is 3.45. The molecule has 2 aliphatic rings. The lowest BCUT2D eigenvalue weighted by Gasteiger charge is -2.53. The Bertz CT molecular complexity index is 535. The molecular formula is C19H27NO3. The highest BCUT2D eigenvalue weighted by Crippen LogP contribution is 2.41. The van der Waals surface area contributed by atoms with Crippen LogP contribution in [0.1, 0.15) is 45.3 Å². The van der Waals surface area contributed by atoms with E-state index in [4.69, 9.17) is 9.47 Å². The van der Waals surface area contributed by atoms with Crippen LogP contribution in [0.5, 0.6) is 0 Å². The van der Waals surface area contributed by atoms with Crippen molar-refractivity contribution in [3.63, 3.8) is 0 Å². The summed E-state index contributed by atoms with van der Waals surface area (Å²) in [5.41, 5.74) is 0.856. The van der Waals surface area contributed by atoms with Gasteiger partial charge < -0.3 is 14.4 Å². The zero-order valence-corrected chi connectivity index (χ0v) is 14.4. The Morgan fingerprint density at radius 2 is 1.78 bits per heavy atom. The number of rotatable bonds is 3. The van der Waals surface area contributed by atoms with Crippen LogP contribution in [0.2, 0.25) is 0 Å². The molecule has 2 saturated heterocycles. The Morgan fingerprint density at radius 3 is 2.35 bits per heavy atom. The van der Waals surface area contributed by atoms with E-state index in [2.05, 4.69) is 0 Å². The summed E-state index contributed by atoms with van der Waals surface area (Å²) in [5, 5.41) is 0. The van der Waals surface area contributed by atoms with Crippen molar-refractivity contribution in [2.45, 2.75) is 45.3 Å². The highest BCUT2D eigenvalue weighted by atomic mass is 16.5. The van der Waals surface area contributed by atoms with Crippen LogP contribution >= 0.6 is 0 Å². The summed E-state index contributed by atoms with van der Waals surface area (Å²) in [5.74, 6) is 0.0863. The number of ether oxygens (including phenoxy) is 2. The number of hydrogen-bond donors (Lipinski definition) is 0. The Balaban J connectivity index is 1.71. The summed E-state index contributed by atoms with van der Waals surface area (Å²) in [7, 11) is 0. The number of hydrogen-bond acceptors (Lipinski definition) is 3. The zero-order chi connectivity index (χ0) is 16.5. The van der Waals surface area contributed by atoms with Gasteiger partial charge in [0.05, 0.1) is 5.60 Å². The second kappa shape index (κ2) is 6.25. The van der Waals surface area contributed by atoms with Crippen LogP contribution in [-0.4, -0.2) is 42.7 Å². The molecule has 1 aromatic rings. The van der Waals surface area contributed by atoms with Gasteiger partial charge >= 0.3 is 0 Å². The molecule has 1 spiro atoms. The first-order valence-electron chi connectivity index (χ1n) is 8.48. The second-order valence-electron chi connectivity index (χ2n) is 7.83. The van der Waals surface area contributed by atoms with E-state index in [0.29, 0.717) is 0 Å². The molecule has 0 bridgehead atoms. The van der Waals surface area contributed by atoms with E-state index in [1.807, 2.05) is 56.0 Å². The normalized spacial score (nSPS) is 21.8. The van der Waals surface area contributed by atoms with Crippen LogP contribution in [0.25, 0.3) is 0 Å². The third kappa shape index (κ3) is 3.75. The Labute approximate surface area is 138 Å². The maximum absolute atomic E-state index is 13.0. The maximum atomic E-state index is 13.0. The van der Waals surface area contributed by atoms with E-state index in [1.165, 1.54) is 0 Å². The molecule has 126 valence electrons. The van der Waals surface area contributed by atoms with Crippen molar-refractivity contribution >= 4 is 5.91 Å². The standard InChI is InChI=1S/C19H27NO3/c1-18(2,3)23-16(15-7-5-4-6-8-15)17(21)20-13-19(14-20)9-11-22-12-10-19/h4-8,16H,9-14H2,1-3H3. The van der Waals surface area contributed by atoms with Crippen LogP contribution in [0.3, 0.4) is 0 Å². The highest BCUT2D eigenvalue weighted by molar-refractivity contribution is 5.83. The molecule has 0 aromatic heterocycles. The van der Waals surface area contributed by atoms with Crippen LogP contribution in [-0.2, 0) is 14.3 Å². The molecule has 0 radical (unpaired) electrons. The fraction of sp³-hybridized carbons (Fsp3) is 0.632. The van der Waals surface area contributed by atoms with Gasteiger partial charge in [0.25, 0.3) is 5.91 Å². The molecule has 2 heterocycles. The molecule has 4 heteroatoms. The summed E-state index contributed by atoms with van der Waals surface area (Å²) in [6.07, 6.45) is 1.60. The molecule has 2 fully saturated rings. The lowest BCUT2D eigenvalue weighted by atomic mass is 9.73. The third-order valence-electron chi connectivity index (χ3n) is 4.72. The average molecular weight is 317 g/mol. The van der Waals surface area contributed by atoms with Crippen molar-refractivity contribution in [2.24, 2.45) is 5.41 Å². The van der Waals surface area contributed by atoms with E-state index in [9.17, 15) is 4.79 Å². The van der Waals surface area contributed by atoms with E-state index in [-0.39, 0.29) is 16.9 Å². The van der Waals surface area contributed by atoms with E-state index in [1.54, 1.807) is 0 Å². The van der Waals surface area contributed by atoms with Gasteiger partial charge in [-0.15, -0.1) is 0 Å². The SMILES string of the molecule is CC(C)(C)OC(C(=O)N1CC2(CCOCC2)C1)c1ccccc1. The van der Waals surface area contributed by atoms with Gasteiger partial charge in [-0.1, -0.05) is 30.3 Å². The quantitative estimate of drug-likeness (QED) is 0.859. The topological polar surface area (TPSA) is 38.8 Å². The lowest BCUT2D eigenvalue weighted by Crippen LogP contribution is -2.61. The smallest absolute Gasteiger partial charge is 0.256 e. The molecule has 1 unspecified atom stereocenters. The minimum absolute atomic E-state index is 0.0863. The first kappa shape index (κ1) is 16.5. The minimum Gasteiger partial charge on any atom is -0.381 e. The minimum atomic E-state index is -0.520. The van der Waals surface area contributed by atoms with Crippen molar-refractivity contribution in [2.75, 3.05) is 26.3 Å². The Hall–Kier alpha value is -1.39. The number of likely N-dealkylation sites (tertiary alicyclic amines) is 1. The molecule has 1 amide bonds. The Morgan fingerprint density at radius 1 is 1.17 bits per heavy atom. The highest BCUT2D eigenvalue weighted by Gasteiger charge is 2.47. The van der Waals surface area contributed by atoms with Crippen LogP contribution < -0.4 is 0 Å². The van der Waals surface area contributed by atoms with E-state index >= 15 is 0 Å². The molecule has 23 heavy (non-hydrogen) atoms. The number of nitrogens with zero attached hydrogens (tertiary/aromatic N) is 1. The summed E-state index contributed by atoms with van der Waals surface area (Å²) in [4.78, 5) is 15.0. The van der Waals surface area contributed by atoms with Crippen molar-refractivity contribution in [1.29, 1.82) is 0 Å². The van der Waals surface area contributed by atoms with Gasteiger partial charge in [-0.25, -0.2) is 0 Å². The number of benzene rings is 1. The summed E-state index contributed by atoms with van der Waals surface area (Å²) in [6.45, 7) is 9.30. The van der Waals surface area contributed by atoms with Gasteiger partial charge in [0.15, 0.2) is 6.10 Å². The van der Waals surface area contributed by atoms with Gasteiger partial charge in [0.1, 0.15) is 0 Å². The van der Waals surface area contributed by atoms with Crippen LogP contribution in [0.15, 0.2) is 30.3 Å². The van der Waals surface area contributed by atoms with Gasteiger partial charge in [0, 0.05) is 31.7 Å². The monoisotopic (exact) mass is 317 g/mol. The second-order valence-corrected chi connectivity index (χ2v) is 7.83. The van der Waals surface area contributed by atoms with Crippen molar-refractivity contribution in [1.82, 2.24) is 4.90 Å². The van der Waals surface area contributed by atoms with E-state index in [0.717, 1.165) is 44.7 Å². The first-order valence-corrected chi connectivity index (χ1v) is 8.48. The average Bonchev–Trinajstić information content (AvgIpc) is 2.50. The lowest BCUT2D eigenvalue weighted by molar-refractivity contribution is -0.171. The van der Waals surface area contributed by atoms with E-state index < -0.39 is 6.10 Å². The zero-order valence-electron chi connectivity index (χ0n) is 14.4. The van der Waals surface area contributed by atoms with Gasteiger partial charge in [-0.05, 0) is 39.2 Å². The summed E-state index contributed by atoms with van der Waals surface area (Å²) < 4.78 is 11.6. The van der Waals surface area contributed by atoms with Crippen molar-refractivity contribution < 1.29 is 14.3 Å². The third-order valence-corrected chi connectivity index (χ3v) is 4.72. The molecule has 2 aliphatic heterocycles. The fourth-order valence-electron chi connectivity index (χ4n) is 3.45. The first-order chi connectivity index (χ1) is 10.9. The number of carbonyl (C=O) groups is 1. The maximum Gasteiger partial charge on any atom is 0.256 e. The Kier molecular flexibility index (Phi) is 4.47. The predicted molar refractivity (Wildman–Crippen MR) is 89.1 cm³/mol. The van der Waals surface area contributed by atoms with Crippen LogP contribution in [0.4, 0.5) is 0 Å². The van der Waals surface area contributed by atoms with Crippen LogP contribution in [0, 0.1) is 5.41 Å². The molecular weight excluding hydrogens is 290 g/mol. The molecule has 0 aliphatic carbocycles. The predicted octanol–water partition coefficient (Wildman–Crippen LogP) is 3.18. The largest absolute Gasteiger partial charge is 0.381 e. The van der Waals surface area contributed by atoms with Gasteiger partial charge in [0.2, 0.25) is 0 Å². The number of amides is 1. The van der Waals surface area contributed by atoms with Gasteiger partial charge in [-0.3, -0.25) is 4.79 Å². The van der Waals surface area contributed by atoms with Crippen molar-refractivity contribution in [3.8, 4) is 0 Å². The summed E-state index contributed by atoms with van der Waals surface area (Å²) in [6, 6.07) is 9.81. The molecule has 0 saturated carbocycles. The van der Waals surface area contributed by atoms with Gasteiger partial charge in [-0.2, -0.15) is 0 Å². The molecule has 1 aromatic carbocycles. The number of carbonyl (C=O) groups excluding carboxylic acids is 1. The molecule has 3 rings (SSSR count).